The molecule has 1 aromatic carbocycles. The standard InChI is InChI=1S/C15H21N3/c1-4-11(2)12-5-7-13(8-6-12)15-9-14(10-16)17-18(15)3/h5-9,11H,4,10,16H2,1-3H3. The van der Waals surface area contributed by atoms with Gasteiger partial charge in [0, 0.05) is 13.6 Å². The molecule has 0 aliphatic heterocycles. The molecule has 0 bridgehead atoms. The highest BCUT2D eigenvalue weighted by Crippen LogP contribution is 2.24. The molecular weight excluding hydrogens is 222 g/mol. The van der Waals surface area contributed by atoms with Crippen LogP contribution in [0.25, 0.3) is 11.3 Å². The minimum atomic E-state index is 0.485. The van der Waals surface area contributed by atoms with E-state index in [-0.39, 0.29) is 0 Å². The number of benzene rings is 1. The van der Waals surface area contributed by atoms with Crippen molar-refractivity contribution in [1.82, 2.24) is 9.78 Å². The lowest BCUT2D eigenvalue weighted by molar-refractivity contribution is 0.733. The summed E-state index contributed by atoms with van der Waals surface area (Å²) in [7, 11) is 1.96. The van der Waals surface area contributed by atoms with Crippen LogP contribution in [0.4, 0.5) is 0 Å². The molecule has 3 heteroatoms. The van der Waals surface area contributed by atoms with Gasteiger partial charge in [-0.25, -0.2) is 0 Å². The molecule has 0 fully saturated rings. The van der Waals surface area contributed by atoms with Crippen molar-refractivity contribution in [2.45, 2.75) is 32.7 Å². The highest BCUT2D eigenvalue weighted by atomic mass is 15.3. The van der Waals surface area contributed by atoms with Gasteiger partial charge in [-0.05, 0) is 29.5 Å². The van der Waals surface area contributed by atoms with Crippen molar-refractivity contribution in [3.63, 3.8) is 0 Å². The van der Waals surface area contributed by atoms with Gasteiger partial charge in [0.25, 0.3) is 0 Å². The summed E-state index contributed by atoms with van der Waals surface area (Å²) in [5.74, 6) is 0.616. The third kappa shape index (κ3) is 2.46. The molecule has 0 aliphatic rings. The van der Waals surface area contributed by atoms with Gasteiger partial charge < -0.3 is 5.73 Å². The molecule has 1 unspecified atom stereocenters. The average Bonchev–Trinajstić information content (AvgIpc) is 2.79. The number of nitrogens with two attached hydrogens (primary N) is 1. The van der Waals surface area contributed by atoms with Crippen LogP contribution < -0.4 is 5.73 Å². The van der Waals surface area contributed by atoms with Gasteiger partial charge in [-0.15, -0.1) is 0 Å². The van der Waals surface area contributed by atoms with Crippen LogP contribution in [0.2, 0.25) is 0 Å². The Morgan fingerprint density at radius 2 is 1.94 bits per heavy atom. The third-order valence-electron chi connectivity index (χ3n) is 3.53. The largest absolute Gasteiger partial charge is 0.325 e. The fourth-order valence-electron chi connectivity index (χ4n) is 2.11. The minimum absolute atomic E-state index is 0.485. The summed E-state index contributed by atoms with van der Waals surface area (Å²) >= 11 is 0. The van der Waals surface area contributed by atoms with Crippen molar-refractivity contribution in [3.8, 4) is 11.3 Å². The Bertz CT molecular complexity index is 511. The number of rotatable bonds is 4. The maximum absolute atomic E-state index is 5.62. The molecule has 0 aliphatic carbocycles. The first kappa shape index (κ1) is 12.8. The lowest BCUT2D eigenvalue weighted by atomic mass is 9.97. The molecule has 3 nitrogen and oxygen atoms in total. The Balaban J connectivity index is 2.31. The van der Waals surface area contributed by atoms with E-state index in [1.165, 1.54) is 17.5 Å². The van der Waals surface area contributed by atoms with E-state index in [1.54, 1.807) is 0 Å². The number of aryl methyl sites for hydroxylation is 1. The summed E-state index contributed by atoms with van der Waals surface area (Å²) < 4.78 is 1.89. The first-order valence-corrected chi connectivity index (χ1v) is 6.49. The molecule has 96 valence electrons. The van der Waals surface area contributed by atoms with Crippen LogP contribution in [0, 0.1) is 0 Å². The van der Waals surface area contributed by atoms with E-state index < -0.39 is 0 Å². The molecule has 0 saturated carbocycles. The van der Waals surface area contributed by atoms with Gasteiger partial charge in [0.15, 0.2) is 0 Å². The summed E-state index contributed by atoms with van der Waals surface area (Å²) in [4.78, 5) is 0. The molecule has 0 spiro atoms. The van der Waals surface area contributed by atoms with Gasteiger partial charge in [-0.2, -0.15) is 5.10 Å². The Morgan fingerprint density at radius 1 is 1.28 bits per heavy atom. The fraction of sp³-hybridized carbons (Fsp3) is 0.400. The van der Waals surface area contributed by atoms with Crippen LogP contribution in [-0.2, 0) is 13.6 Å². The van der Waals surface area contributed by atoms with Gasteiger partial charge in [0.1, 0.15) is 0 Å². The molecule has 0 saturated heterocycles. The van der Waals surface area contributed by atoms with Crippen LogP contribution in [0.1, 0.15) is 37.4 Å². The summed E-state index contributed by atoms with van der Waals surface area (Å²) in [6, 6.07) is 10.8. The lowest BCUT2D eigenvalue weighted by Gasteiger charge is -2.09. The molecule has 2 N–H and O–H groups in total. The number of hydrogen-bond acceptors (Lipinski definition) is 2. The van der Waals surface area contributed by atoms with Crippen molar-refractivity contribution in [2.75, 3.05) is 0 Å². The minimum Gasteiger partial charge on any atom is -0.325 e. The van der Waals surface area contributed by atoms with Gasteiger partial charge in [-0.1, -0.05) is 38.1 Å². The molecule has 2 rings (SSSR count). The number of aromatic nitrogens is 2. The molecule has 1 atom stereocenters. The van der Waals surface area contributed by atoms with Gasteiger partial charge >= 0.3 is 0 Å². The second-order valence-electron chi connectivity index (χ2n) is 4.78. The van der Waals surface area contributed by atoms with E-state index >= 15 is 0 Å². The van der Waals surface area contributed by atoms with E-state index in [9.17, 15) is 0 Å². The van der Waals surface area contributed by atoms with E-state index in [2.05, 4.69) is 49.3 Å². The zero-order valence-corrected chi connectivity index (χ0v) is 11.4. The maximum Gasteiger partial charge on any atom is 0.0766 e. The Labute approximate surface area is 109 Å². The summed E-state index contributed by atoms with van der Waals surface area (Å²) in [5, 5.41) is 4.37. The van der Waals surface area contributed by atoms with Crippen LogP contribution in [0.15, 0.2) is 30.3 Å². The molecular formula is C15H21N3. The normalized spacial score (nSPS) is 12.7. The van der Waals surface area contributed by atoms with Crippen molar-refractivity contribution < 1.29 is 0 Å². The van der Waals surface area contributed by atoms with Crippen molar-refractivity contribution in [3.05, 3.63) is 41.6 Å². The summed E-state index contributed by atoms with van der Waals surface area (Å²) in [6.07, 6.45) is 1.17. The number of nitrogens with zero attached hydrogens (tertiary/aromatic N) is 2. The Kier molecular flexibility index (Phi) is 3.82. The zero-order chi connectivity index (χ0) is 13.1. The Morgan fingerprint density at radius 3 is 2.44 bits per heavy atom. The van der Waals surface area contributed by atoms with Gasteiger partial charge in [-0.3, -0.25) is 4.68 Å². The molecule has 0 radical (unpaired) electrons. The molecule has 1 aromatic heterocycles. The van der Waals surface area contributed by atoms with E-state index in [0.29, 0.717) is 12.5 Å². The maximum atomic E-state index is 5.62. The fourth-order valence-corrected chi connectivity index (χ4v) is 2.11. The topological polar surface area (TPSA) is 43.8 Å². The molecule has 2 aromatic rings. The van der Waals surface area contributed by atoms with E-state index in [0.717, 1.165) is 11.4 Å². The zero-order valence-electron chi connectivity index (χ0n) is 11.4. The van der Waals surface area contributed by atoms with Crippen LogP contribution in [0.3, 0.4) is 0 Å². The predicted octanol–water partition coefficient (Wildman–Crippen LogP) is 3.06. The molecule has 0 amide bonds. The van der Waals surface area contributed by atoms with Crippen LogP contribution in [0.5, 0.6) is 0 Å². The summed E-state index contributed by atoms with van der Waals surface area (Å²) in [6.45, 7) is 4.96. The second-order valence-corrected chi connectivity index (χ2v) is 4.78. The average molecular weight is 243 g/mol. The van der Waals surface area contributed by atoms with E-state index in [1.807, 2.05) is 11.7 Å². The highest BCUT2D eigenvalue weighted by Gasteiger charge is 2.07. The first-order chi connectivity index (χ1) is 8.65. The highest BCUT2D eigenvalue weighted by molar-refractivity contribution is 5.60. The van der Waals surface area contributed by atoms with Crippen LogP contribution in [-0.4, -0.2) is 9.78 Å². The monoisotopic (exact) mass is 243 g/mol. The SMILES string of the molecule is CCC(C)c1ccc(-c2cc(CN)nn2C)cc1. The van der Waals surface area contributed by atoms with Crippen LogP contribution >= 0.6 is 0 Å². The number of hydrogen-bond donors (Lipinski definition) is 1. The molecule has 18 heavy (non-hydrogen) atoms. The third-order valence-corrected chi connectivity index (χ3v) is 3.53. The first-order valence-electron chi connectivity index (χ1n) is 6.49. The summed E-state index contributed by atoms with van der Waals surface area (Å²) in [5.41, 5.74) is 10.2. The van der Waals surface area contributed by atoms with Gasteiger partial charge in [0.2, 0.25) is 0 Å². The predicted molar refractivity (Wildman–Crippen MR) is 75.2 cm³/mol. The van der Waals surface area contributed by atoms with E-state index in [4.69, 9.17) is 5.73 Å². The van der Waals surface area contributed by atoms with Crippen molar-refractivity contribution in [2.24, 2.45) is 12.8 Å². The Hall–Kier alpha value is -1.61. The smallest absolute Gasteiger partial charge is 0.0766 e. The van der Waals surface area contributed by atoms with Gasteiger partial charge in [0.05, 0.1) is 11.4 Å². The molecule has 1 heterocycles. The second kappa shape index (κ2) is 5.36. The lowest BCUT2D eigenvalue weighted by Crippen LogP contribution is -1.99. The quantitative estimate of drug-likeness (QED) is 0.897. The van der Waals surface area contributed by atoms with Crippen molar-refractivity contribution >= 4 is 0 Å². The van der Waals surface area contributed by atoms with Crippen molar-refractivity contribution in [1.29, 1.82) is 0 Å².